The first-order valence-corrected chi connectivity index (χ1v) is 9.69. The summed E-state index contributed by atoms with van der Waals surface area (Å²) in [6.07, 6.45) is 2.52. The number of nitrogens with one attached hydrogen (secondary N) is 1. The van der Waals surface area contributed by atoms with E-state index >= 15 is 0 Å². The molecular formula is C21H29ClN2O4. The van der Waals surface area contributed by atoms with Crippen molar-refractivity contribution < 1.29 is 18.7 Å². The van der Waals surface area contributed by atoms with Crippen molar-refractivity contribution in [3.8, 4) is 11.5 Å². The van der Waals surface area contributed by atoms with E-state index in [-0.39, 0.29) is 11.9 Å². The lowest BCUT2D eigenvalue weighted by atomic mass is 10.1. The van der Waals surface area contributed by atoms with Gasteiger partial charge in [0.1, 0.15) is 5.76 Å². The molecule has 6 nitrogen and oxygen atoms in total. The summed E-state index contributed by atoms with van der Waals surface area (Å²) in [5.74, 6) is 1.97. The van der Waals surface area contributed by atoms with Gasteiger partial charge in [-0.1, -0.05) is 25.4 Å². The SMILES string of the molecule is COc1cc(C(=O)NCC(c2ccco2)N(C)C)cc(Cl)c1OCCC(C)C. The molecule has 154 valence electrons. The average molecular weight is 409 g/mol. The quantitative estimate of drug-likeness (QED) is 0.631. The Labute approximate surface area is 171 Å². The van der Waals surface area contributed by atoms with E-state index in [1.165, 1.54) is 7.11 Å². The van der Waals surface area contributed by atoms with Gasteiger partial charge in [0, 0.05) is 12.1 Å². The average Bonchev–Trinajstić information content (AvgIpc) is 3.16. The molecule has 28 heavy (non-hydrogen) atoms. The van der Waals surface area contributed by atoms with Crippen molar-refractivity contribution in [1.82, 2.24) is 10.2 Å². The summed E-state index contributed by atoms with van der Waals surface area (Å²) in [4.78, 5) is 14.6. The minimum atomic E-state index is -0.243. The molecule has 0 saturated carbocycles. The Balaban J connectivity index is 2.09. The van der Waals surface area contributed by atoms with Gasteiger partial charge in [-0.25, -0.2) is 0 Å². The van der Waals surface area contributed by atoms with Crippen molar-refractivity contribution in [3.05, 3.63) is 46.9 Å². The fourth-order valence-electron chi connectivity index (χ4n) is 2.70. The maximum absolute atomic E-state index is 12.7. The minimum Gasteiger partial charge on any atom is -0.493 e. The van der Waals surface area contributed by atoms with Crippen LogP contribution in [0.4, 0.5) is 0 Å². The number of furan rings is 1. The molecule has 1 N–H and O–H groups in total. The van der Waals surface area contributed by atoms with Crippen molar-refractivity contribution in [1.29, 1.82) is 0 Å². The van der Waals surface area contributed by atoms with Crippen LogP contribution in [0, 0.1) is 5.92 Å². The zero-order valence-corrected chi connectivity index (χ0v) is 17.9. The summed E-state index contributed by atoms with van der Waals surface area (Å²) >= 11 is 6.36. The van der Waals surface area contributed by atoms with Gasteiger partial charge in [0.05, 0.1) is 31.0 Å². The monoisotopic (exact) mass is 408 g/mol. The van der Waals surface area contributed by atoms with Gasteiger partial charge in [-0.3, -0.25) is 9.69 Å². The van der Waals surface area contributed by atoms with Crippen LogP contribution >= 0.6 is 11.6 Å². The van der Waals surface area contributed by atoms with E-state index in [1.807, 2.05) is 31.1 Å². The van der Waals surface area contributed by atoms with Gasteiger partial charge in [0.2, 0.25) is 0 Å². The van der Waals surface area contributed by atoms with E-state index in [1.54, 1.807) is 18.4 Å². The fraction of sp³-hybridized carbons (Fsp3) is 0.476. The molecule has 1 unspecified atom stereocenters. The number of methoxy groups -OCH3 is 1. The second-order valence-corrected chi connectivity index (χ2v) is 7.63. The number of amides is 1. The third kappa shape index (κ3) is 5.91. The Hall–Kier alpha value is -2.18. The number of nitrogens with zero attached hydrogens (tertiary/aromatic N) is 1. The number of likely N-dealkylation sites (N-methyl/N-ethyl adjacent to an activating group) is 1. The molecule has 0 bridgehead atoms. The Bertz CT molecular complexity index is 760. The van der Waals surface area contributed by atoms with Crippen molar-refractivity contribution >= 4 is 17.5 Å². The van der Waals surface area contributed by atoms with Gasteiger partial charge in [-0.15, -0.1) is 0 Å². The van der Waals surface area contributed by atoms with Crippen LogP contribution in [0.2, 0.25) is 5.02 Å². The molecule has 0 radical (unpaired) electrons. The Morgan fingerprint density at radius 3 is 2.64 bits per heavy atom. The van der Waals surface area contributed by atoms with Crippen molar-refractivity contribution in [2.45, 2.75) is 26.3 Å². The summed E-state index contributed by atoms with van der Waals surface area (Å²) in [5.41, 5.74) is 0.412. The second kappa shape index (κ2) is 10.4. The normalized spacial score (nSPS) is 12.3. The number of rotatable bonds is 10. The number of hydrogen-bond acceptors (Lipinski definition) is 5. The Morgan fingerprint density at radius 1 is 1.32 bits per heavy atom. The van der Waals surface area contributed by atoms with Gasteiger partial charge >= 0.3 is 0 Å². The topological polar surface area (TPSA) is 63.9 Å². The summed E-state index contributed by atoms with van der Waals surface area (Å²) in [6, 6.07) is 6.89. The van der Waals surface area contributed by atoms with E-state index < -0.39 is 0 Å². The highest BCUT2D eigenvalue weighted by molar-refractivity contribution is 6.32. The highest BCUT2D eigenvalue weighted by Gasteiger charge is 2.20. The first-order valence-electron chi connectivity index (χ1n) is 9.31. The van der Waals surface area contributed by atoms with Crippen molar-refractivity contribution in [2.75, 3.05) is 34.4 Å². The molecule has 0 aliphatic carbocycles. The van der Waals surface area contributed by atoms with Gasteiger partial charge in [0.15, 0.2) is 11.5 Å². The van der Waals surface area contributed by atoms with E-state index in [0.29, 0.717) is 41.2 Å². The van der Waals surface area contributed by atoms with Crippen LogP contribution in [-0.4, -0.2) is 45.2 Å². The predicted molar refractivity (Wildman–Crippen MR) is 110 cm³/mol. The third-order valence-corrected chi connectivity index (χ3v) is 4.66. The lowest BCUT2D eigenvalue weighted by Crippen LogP contribution is -2.34. The number of benzene rings is 1. The first-order chi connectivity index (χ1) is 13.3. The predicted octanol–water partition coefficient (Wildman–Crippen LogP) is 4.40. The van der Waals surface area contributed by atoms with E-state index in [0.717, 1.165) is 12.2 Å². The molecule has 0 aliphatic heterocycles. The van der Waals surface area contributed by atoms with Crippen LogP contribution in [0.15, 0.2) is 34.9 Å². The first kappa shape index (κ1) is 22.1. The summed E-state index contributed by atoms with van der Waals surface area (Å²) in [7, 11) is 5.40. The van der Waals surface area contributed by atoms with Crippen LogP contribution in [0.3, 0.4) is 0 Å². The lowest BCUT2D eigenvalue weighted by Gasteiger charge is -2.22. The molecule has 2 rings (SSSR count). The molecule has 0 saturated heterocycles. The molecule has 2 aromatic rings. The molecule has 0 spiro atoms. The number of hydrogen-bond donors (Lipinski definition) is 1. The maximum atomic E-state index is 12.7. The standard InChI is InChI=1S/C21H29ClN2O4/c1-14(2)8-10-28-20-16(22)11-15(12-19(20)26-5)21(25)23-13-17(24(3)4)18-7-6-9-27-18/h6-7,9,11-12,14,17H,8,10,13H2,1-5H3,(H,23,25). The molecule has 1 aromatic heterocycles. The molecule has 1 amide bonds. The van der Waals surface area contributed by atoms with E-state index in [9.17, 15) is 4.79 Å². The molecular weight excluding hydrogens is 380 g/mol. The van der Waals surface area contributed by atoms with Gasteiger partial charge in [0.25, 0.3) is 5.91 Å². The molecule has 1 aromatic carbocycles. The third-order valence-electron chi connectivity index (χ3n) is 4.38. The second-order valence-electron chi connectivity index (χ2n) is 7.23. The van der Waals surface area contributed by atoms with Crippen LogP contribution < -0.4 is 14.8 Å². The molecule has 0 aliphatic rings. The van der Waals surface area contributed by atoms with Gasteiger partial charge in [-0.2, -0.15) is 0 Å². The molecule has 1 atom stereocenters. The summed E-state index contributed by atoms with van der Waals surface area (Å²) in [5, 5.41) is 3.28. The number of halogens is 1. The number of ether oxygens (including phenoxy) is 2. The van der Waals surface area contributed by atoms with Crippen LogP contribution in [-0.2, 0) is 0 Å². The fourth-order valence-corrected chi connectivity index (χ4v) is 2.96. The van der Waals surface area contributed by atoms with Crippen LogP contribution in [0.1, 0.15) is 42.4 Å². The van der Waals surface area contributed by atoms with Crippen LogP contribution in [0.25, 0.3) is 0 Å². The Kier molecular flexibility index (Phi) is 8.20. The summed E-state index contributed by atoms with van der Waals surface area (Å²) in [6.45, 7) is 5.18. The largest absolute Gasteiger partial charge is 0.493 e. The molecule has 7 heteroatoms. The highest BCUT2D eigenvalue weighted by Crippen LogP contribution is 2.36. The highest BCUT2D eigenvalue weighted by atomic mass is 35.5. The minimum absolute atomic E-state index is 0.0741. The number of carbonyl (C=O) groups is 1. The lowest BCUT2D eigenvalue weighted by molar-refractivity contribution is 0.0938. The zero-order chi connectivity index (χ0) is 20.7. The van der Waals surface area contributed by atoms with E-state index in [4.69, 9.17) is 25.5 Å². The molecule has 1 heterocycles. The summed E-state index contributed by atoms with van der Waals surface area (Å²) < 4.78 is 16.6. The van der Waals surface area contributed by atoms with Crippen LogP contribution in [0.5, 0.6) is 11.5 Å². The molecule has 0 fully saturated rings. The van der Waals surface area contributed by atoms with Crippen molar-refractivity contribution in [2.24, 2.45) is 5.92 Å². The maximum Gasteiger partial charge on any atom is 0.251 e. The zero-order valence-electron chi connectivity index (χ0n) is 17.1. The number of carbonyl (C=O) groups excluding carboxylic acids is 1. The van der Waals surface area contributed by atoms with Gasteiger partial charge in [-0.05, 0) is 50.7 Å². The smallest absolute Gasteiger partial charge is 0.251 e. The van der Waals surface area contributed by atoms with Gasteiger partial charge < -0.3 is 19.2 Å². The van der Waals surface area contributed by atoms with E-state index in [2.05, 4.69) is 19.2 Å². The Morgan fingerprint density at radius 2 is 2.07 bits per heavy atom. The van der Waals surface area contributed by atoms with Crippen molar-refractivity contribution in [3.63, 3.8) is 0 Å².